The monoisotopic (exact) mass is 479 g/mol. The molecule has 2 atom stereocenters. The van der Waals surface area contributed by atoms with E-state index in [4.69, 9.17) is 0 Å². The number of carbonyl (C=O) groups excluding carboxylic acids is 4. The number of imide groups is 1. The highest BCUT2D eigenvalue weighted by molar-refractivity contribution is 6.22. The van der Waals surface area contributed by atoms with Crippen LogP contribution in [0.3, 0.4) is 0 Å². The molecule has 0 aromatic heterocycles. The van der Waals surface area contributed by atoms with Gasteiger partial charge in [-0.1, -0.05) is 35.9 Å². The summed E-state index contributed by atoms with van der Waals surface area (Å²) in [6.45, 7) is 1.98. The van der Waals surface area contributed by atoms with E-state index < -0.39 is 0 Å². The van der Waals surface area contributed by atoms with Crippen LogP contribution in [0.4, 0.5) is 17.1 Å². The predicted molar refractivity (Wildman–Crippen MR) is 138 cm³/mol. The Labute approximate surface area is 208 Å². The van der Waals surface area contributed by atoms with Crippen LogP contribution in [0.5, 0.6) is 0 Å². The van der Waals surface area contributed by atoms with Gasteiger partial charge in [0.25, 0.3) is 11.8 Å². The molecule has 7 nitrogen and oxygen atoms in total. The number of nitrogens with one attached hydrogen (secondary N) is 2. The summed E-state index contributed by atoms with van der Waals surface area (Å²) in [6, 6.07) is 22.2. The third kappa shape index (κ3) is 4.55. The Kier molecular flexibility index (Phi) is 6.21. The molecule has 4 amide bonds. The van der Waals surface area contributed by atoms with Crippen molar-refractivity contribution >= 4 is 40.7 Å². The van der Waals surface area contributed by atoms with Crippen molar-refractivity contribution in [1.29, 1.82) is 0 Å². The van der Waals surface area contributed by atoms with Crippen LogP contribution in [0.2, 0.25) is 0 Å². The van der Waals surface area contributed by atoms with Crippen LogP contribution in [0.25, 0.3) is 0 Å². The maximum atomic E-state index is 13.0. The number of hydrogen-bond donors (Lipinski definition) is 2. The predicted octanol–water partition coefficient (Wildman–Crippen LogP) is 5.04. The normalized spacial score (nSPS) is 18.9. The van der Waals surface area contributed by atoms with Crippen LogP contribution in [0.15, 0.2) is 90.5 Å². The molecule has 36 heavy (non-hydrogen) atoms. The molecule has 7 heteroatoms. The summed E-state index contributed by atoms with van der Waals surface area (Å²) in [4.78, 5) is 52.6. The van der Waals surface area contributed by atoms with Crippen molar-refractivity contribution < 1.29 is 19.2 Å². The van der Waals surface area contributed by atoms with Crippen molar-refractivity contribution in [3.8, 4) is 0 Å². The number of hydrogen-bond acceptors (Lipinski definition) is 4. The number of anilines is 3. The largest absolute Gasteiger partial charge is 0.322 e. The van der Waals surface area contributed by atoms with E-state index in [1.54, 1.807) is 60.7 Å². The van der Waals surface area contributed by atoms with Gasteiger partial charge in [0.05, 0.1) is 17.5 Å². The second kappa shape index (κ2) is 9.62. The zero-order chi connectivity index (χ0) is 25.2. The second-order valence-corrected chi connectivity index (χ2v) is 9.12. The summed E-state index contributed by atoms with van der Waals surface area (Å²) in [6.07, 6.45) is 3.18. The summed E-state index contributed by atoms with van der Waals surface area (Å²) in [5.41, 5.74) is 3.51. The Morgan fingerprint density at radius 1 is 0.750 bits per heavy atom. The number of carbonyl (C=O) groups is 4. The lowest BCUT2D eigenvalue weighted by molar-refractivity contribution is -0.122. The number of benzene rings is 3. The highest BCUT2D eigenvalue weighted by Crippen LogP contribution is 2.39. The summed E-state index contributed by atoms with van der Waals surface area (Å²) in [7, 11) is 0. The van der Waals surface area contributed by atoms with E-state index in [0.29, 0.717) is 41.0 Å². The van der Waals surface area contributed by atoms with Gasteiger partial charge in [-0.05, 0) is 74.4 Å². The molecule has 0 spiro atoms. The molecule has 1 saturated heterocycles. The van der Waals surface area contributed by atoms with Crippen LogP contribution >= 0.6 is 0 Å². The Balaban J connectivity index is 1.27. The quantitative estimate of drug-likeness (QED) is 0.396. The summed E-state index contributed by atoms with van der Waals surface area (Å²) in [5, 5.41) is 5.62. The van der Waals surface area contributed by atoms with Gasteiger partial charge in [0.2, 0.25) is 11.8 Å². The number of amides is 4. The first kappa shape index (κ1) is 23.2. The van der Waals surface area contributed by atoms with Gasteiger partial charge in [-0.25, -0.2) is 0 Å². The Hall–Kier alpha value is -4.52. The summed E-state index contributed by atoms with van der Waals surface area (Å²) < 4.78 is 0. The van der Waals surface area contributed by atoms with E-state index in [-0.39, 0.29) is 35.5 Å². The van der Waals surface area contributed by atoms with Gasteiger partial charge in [0.15, 0.2) is 0 Å². The van der Waals surface area contributed by atoms with Crippen LogP contribution in [-0.4, -0.2) is 23.6 Å². The molecule has 1 heterocycles. The Bertz CT molecular complexity index is 1380. The van der Waals surface area contributed by atoms with Crippen molar-refractivity contribution in [3.05, 3.63) is 102 Å². The van der Waals surface area contributed by atoms with Gasteiger partial charge in [0.1, 0.15) is 0 Å². The molecule has 1 aliphatic heterocycles. The zero-order valence-corrected chi connectivity index (χ0v) is 19.7. The average molecular weight is 480 g/mol. The fourth-order valence-corrected chi connectivity index (χ4v) is 4.71. The molecule has 2 N–H and O–H groups in total. The van der Waals surface area contributed by atoms with E-state index in [1.807, 2.05) is 31.2 Å². The number of para-hydroxylation sites is 1. The average Bonchev–Trinajstić information content (AvgIpc) is 3.14. The van der Waals surface area contributed by atoms with E-state index in [1.165, 1.54) is 4.90 Å². The molecule has 1 aliphatic carbocycles. The van der Waals surface area contributed by atoms with Crippen LogP contribution < -0.4 is 15.5 Å². The van der Waals surface area contributed by atoms with E-state index in [0.717, 1.165) is 5.57 Å². The molecule has 1 fully saturated rings. The minimum Gasteiger partial charge on any atom is -0.322 e. The van der Waals surface area contributed by atoms with E-state index in [9.17, 15) is 19.2 Å². The fourth-order valence-electron chi connectivity index (χ4n) is 4.71. The SMILES string of the molecule is CC1=CC[C@H]2C(=O)N(c3cccc(C(=O)Nc4ccc(C(=O)Nc5ccccc5)cc4)c3)C(=O)[C@@H]2C1. The maximum Gasteiger partial charge on any atom is 0.255 e. The van der Waals surface area contributed by atoms with Crippen LogP contribution in [-0.2, 0) is 9.59 Å². The molecule has 5 rings (SSSR count). The Morgan fingerprint density at radius 2 is 1.39 bits per heavy atom. The zero-order valence-electron chi connectivity index (χ0n) is 19.7. The molecule has 180 valence electrons. The molecule has 3 aromatic carbocycles. The molecule has 2 aliphatic rings. The molecule has 0 unspecified atom stereocenters. The van der Waals surface area contributed by atoms with Gasteiger partial charge in [-0.15, -0.1) is 0 Å². The van der Waals surface area contributed by atoms with Crippen molar-refractivity contribution in [2.45, 2.75) is 19.8 Å². The lowest BCUT2D eigenvalue weighted by atomic mass is 9.82. The topological polar surface area (TPSA) is 95.6 Å². The number of nitrogens with zero attached hydrogens (tertiary/aromatic N) is 1. The first-order valence-electron chi connectivity index (χ1n) is 11.8. The van der Waals surface area contributed by atoms with Gasteiger partial charge >= 0.3 is 0 Å². The maximum absolute atomic E-state index is 13.0. The van der Waals surface area contributed by atoms with Crippen molar-refractivity contribution in [2.24, 2.45) is 11.8 Å². The molecule has 0 saturated carbocycles. The Morgan fingerprint density at radius 3 is 2.11 bits per heavy atom. The number of fused-ring (bicyclic) bond motifs is 1. The fraction of sp³-hybridized carbons (Fsp3) is 0.172. The third-order valence-corrected chi connectivity index (χ3v) is 6.63. The highest BCUT2D eigenvalue weighted by atomic mass is 16.2. The van der Waals surface area contributed by atoms with E-state index >= 15 is 0 Å². The first-order valence-corrected chi connectivity index (χ1v) is 11.8. The number of rotatable bonds is 5. The van der Waals surface area contributed by atoms with Gasteiger partial charge in [-0.2, -0.15) is 0 Å². The molecular formula is C29H25N3O4. The highest BCUT2D eigenvalue weighted by Gasteiger charge is 2.48. The first-order chi connectivity index (χ1) is 17.4. The standard InChI is InChI=1S/C29H25N3O4/c1-18-10-15-24-25(16-18)29(36)32(28(24)35)23-9-5-6-20(17-23)27(34)31-22-13-11-19(12-14-22)26(33)30-21-7-3-2-4-8-21/h2-14,17,24-25H,15-16H2,1H3,(H,30,33)(H,31,34)/t24-,25-/m1/s1. The lowest BCUT2D eigenvalue weighted by Crippen LogP contribution is -2.31. The summed E-state index contributed by atoms with van der Waals surface area (Å²) in [5.74, 6) is -1.73. The lowest BCUT2D eigenvalue weighted by Gasteiger charge is -2.18. The molecule has 3 aromatic rings. The molecular weight excluding hydrogens is 454 g/mol. The smallest absolute Gasteiger partial charge is 0.255 e. The third-order valence-electron chi connectivity index (χ3n) is 6.63. The molecule has 0 bridgehead atoms. The minimum absolute atomic E-state index is 0.209. The second-order valence-electron chi connectivity index (χ2n) is 9.12. The minimum atomic E-state index is -0.382. The van der Waals surface area contributed by atoms with Crippen molar-refractivity contribution in [1.82, 2.24) is 0 Å². The van der Waals surface area contributed by atoms with Gasteiger partial charge < -0.3 is 10.6 Å². The van der Waals surface area contributed by atoms with Gasteiger partial charge in [0, 0.05) is 22.5 Å². The van der Waals surface area contributed by atoms with E-state index in [2.05, 4.69) is 10.6 Å². The summed E-state index contributed by atoms with van der Waals surface area (Å²) >= 11 is 0. The van der Waals surface area contributed by atoms with Crippen molar-refractivity contribution in [3.63, 3.8) is 0 Å². The van der Waals surface area contributed by atoms with Crippen molar-refractivity contribution in [2.75, 3.05) is 15.5 Å². The molecule has 0 radical (unpaired) electrons. The van der Waals surface area contributed by atoms with Crippen LogP contribution in [0.1, 0.15) is 40.5 Å². The van der Waals surface area contributed by atoms with Gasteiger partial charge in [-0.3, -0.25) is 24.1 Å². The van der Waals surface area contributed by atoms with Crippen LogP contribution in [0, 0.1) is 11.8 Å². The number of allylic oxidation sites excluding steroid dienone is 2.